The molecule has 1 saturated heterocycles. The molecule has 4 rings (SSSR count). The first kappa shape index (κ1) is 33.3. The first-order valence-corrected chi connectivity index (χ1v) is 15.6. The molecule has 0 atom stereocenters. The van der Waals surface area contributed by atoms with Crippen molar-refractivity contribution in [2.24, 2.45) is 0 Å². The molecular weight excluding hydrogens is 572 g/mol. The van der Waals surface area contributed by atoms with Gasteiger partial charge in [-0.3, -0.25) is 14.5 Å². The Kier molecular flexibility index (Phi) is 12.2. The van der Waals surface area contributed by atoms with Gasteiger partial charge in [0.2, 0.25) is 0 Å². The molecule has 3 amide bonds. The second-order valence-electron chi connectivity index (χ2n) is 11.2. The minimum absolute atomic E-state index is 0.110. The predicted octanol–water partition coefficient (Wildman–Crippen LogP) is 6.76. The Balaban J connectivity index is 1.23. The van der Waals surface area contributed by atoms with E-state index < -0.39 is 0 Å². The lowest BCUT2D eigenvalue weighted by Crippen LogP contribution is -2.40. The number of benzene rings is 3. The van der Waals surface area contributed by atoms with Gasteiger partial charge < -0.3 is 30.2 Å². The average Bonchev–Trinajstić information content (AvgIpc) is 3.03. The third kappa shape index (κ3) is 10.5. The summed E-state index contributed by atoms with van der Waals surface area (Å²) >= 11 is 0. The van der Waals surface area contributed by atoms with Crippen molar-refractivity contribution in [3.05, 3.63) is 77.9 Å². The highest BCUT2D eigenvalue weighted by Crippen LogP contribution is 2.29. The molecule has 1 aliphatic rings. The van der Waals surface area contributed by atoms with Crippen molar-refractivity contribution in [3.8, 4) is 17.2 Å². The number of nitrogens with zero attached hydrogens (tertiary/aromatic N) is 1. The number of esters is 1. The van der Waals surface area contributed by atoms with E-state index in [1.54, 1.807) is 42.5 Å². The van der Waals surface area contributed by atoms with Crippen LogP contribution >= 0.6 is 0 Å². The summed E-state index contributed by atoms with van der Waals surface area (Å²) in [6.07, 6.45) is 3.65. The normalized spacial score (nSPS) is 13.6. The molecule has 3 aromatic carbocycles. The van der Waals surface area contributed by atoms with Crippen LogP contribution in [0.25, 0.3) is 0 Å². The fourth-order valence-corrected chi connectivity index (χ4v) is 5.07. The number of carbonyl (C=O) groups excluding carboxylic acids is 3. The molecule has 1 aliphatic heterocycles. The number of nitrogens with one attached hydrogen (secondary N) is 3. The maximum Gasteiger partial charge on any atom is 0.319 e. The van der Waals surface area contributed by atoms with Crippen LogP contribution in [0.15, 0.2) is 66.7 Å². The largest absolute Gasteiger partial charge is 0.490 e. The van der Waals surface area contributed by atoms with Crippen molar-refractivity contribution < 1.29 is 28.6 Å². The van der Waals surface area contributed by atoms with Gasteiger partial charge in [0, 0.05) is 49.5 Å². The highest BCUT2D eigenvalue weighted by molar-refractivity contribution is 6.04. The molecule has 0 radical (unpaired) electrons. The lowest BCUT2D eigenvalue weighted by molar-refractivity contribution is -0.141. The van der Waals surface area contributed by atoms with Crippen LogP contribution in [0.5, 0.6) is 17.2 Å². The van der Waals surface area contributed by atoms with Gasteiger partial charge in [-0.15, -0.1) is 0 Å². The SMILES string of the molecule is CCC(CC)NC(=O)Nc1ccc(Oc2ccc(NC(=O)c3ccc(OC4CCN(CCOC(C)=O)CC4)cc3)cc2C)cc1. The molecule has 0 aromatic heterocycles. The second-order valence-corrected chi connectivity index (χ2v) is 11.2. The predicted molar refractivity (Wildman–Crippen MR) is 175 cm³/mol. The minimum Gasteiger partial charge on any atom is -0.490 e. The number of piperidine rings is 1. The third-order valence-corrected chi connectivity index (χ3v) is 7.76. The highest BCUT2D eigenvalue weighted by atomic mass is 16.5. The highest BCUT2D eigenvalue weighted by Gasteiger charge is 2.21. The van der Waals surface area contributed by atoms with Crippen LogP contribution in [-0.4, -0.2) is 61.2 Å². The van der Waals surface area contributed by atoms with Crippen LogP contribution in [0.1, 0.15) is 62.4 Å². The number of hydrogen-bond acceptors (Lipinski definition) is 7. The number of aryl methyl sites for hydroxylation is 1. The van der Waals surface area contributed by atoms with Crippen LogP contribution in [0.3, 0.4) is 0 Å². The van der Waals surface area contributed by atoms with Crippen LogP contribution in [0.4, 0.5) is 16.2 Å². The first-order chi connectivity index (χ1) is 21.7. The van der Waals surface area contributed by atoms with E-state index in [-0.39, 0.29) is 30.1 Å². The van der Waals surface area contributed by atoms with Crippen molar-refractivity contribution in [1.82, 2.24) is 10.2 Å². The molecule has 240 valence electrons. The summed E-state index contributed by atoms with van der Waals surface area (Å²) in [4.78, 5) is 38.3. The Morgan fingerprint density at radius 3 is 2.13 bits per heavy atom. The van der Waals surface area contributed by atoms with E-state index >= 15 is 0 Å². The van der Waals surface area contributed by atoms with E-state index in [1.807, 2.05) is 45.0 Å². The average molecular weight is 617 g/mol. The number of likely N-dealkylation sites (tertiary alicyclic amines) is 1. The van der Waals surface area contributed by atoms with Gasteiger partial charge in [-0.05, 0) is 105 Å². The maximum absolute atomic E-state index is 12.9. The zero-order chi connectivity index (χ0) is 32.2. The van der Waals surface area contributed by atoms with E-state index in [0.29, 0.717) is 35.0 Å². The standard InChI is InChI=1S/C35H44N4O6/c1-5-27(6-2)37-35(42)38-28-9-14-31(15-10-28)45-33-16-11-29(23-24(33)3)36-34(41)26-7-12-30(13-8-26)44-32-17-19-39(20-18-32)21-22-43-25(4)40/h7-16,23,27,32H,5-6,17-22H2,1-4H3,(H,36,41)(H2,37,38,42). The quantitative estimate of drug-likeness (QED) is 0.182. The maximum atomic E-state index is 12.9. The smallest absolute Gasteiger partial charge is 0.319 e. The molecule has 10 heteroatoms. The zero-order valence-electron chi connectivity index (χ0n) is 26.6. The van der Waals surface area contributed by atoms with Gasteiger partial charge >= 0.3 is 12.0 Å². The molecule has 1 fully saturated rings. The lowest BCUT2D eigenvalue weighted by atomic mass is 10.1. The molecular formula is C35H44N4O6. The number of rotatable bonds is 13. The second kappa shape index (κ2) is 16.5. The van der Waals surface area contributed by atoms with E-state index in [0.717, 1.165) is 56.6 Å². The van der Waals surface area contributed by atoms with E-state index in [9.17, 15) is 14.4 Å². The summed E-state index contributed by atoms with van der Waals surface area (Å²) < 4.78 is 17.2. The van der Waals surface area contributed by atoms with Gasteiger partial charge in [-0.1, -0.05) is 13.8 Å². The van der Waals surface area contributed by atoms with Crippen molar-refractivity contribution in [3.63, 3.8) is 0 Å². The van der Waals surface area contributed by atoms with Crippen LogP contribution < -0.4 is 25.4 Å². The summed E-state index contributed by atoms with van der Waals surface area (Å²) in [6.45, 7) is 10.3. The zero-order valence-corrected chi connectivity index (χ0v) is 26.6. The molecule has 10 nitrogen and oxygen atoms in total. The summed E-state index contributed by atoms with van der Waals surface area (Å²) in [6, 6.07) is 19.8. The van der Waals surface area contributed by atoms with Crippen LogP contribution in [-0.2, 0) is 9.53 Å². The summed E-state index contributed by atoms with van der Waals surface area (Å²) in [5.74, 6) is 1.56. The number of urea groups is 1. The fraction of sp³-hybridized carbons (Fsp3) is 0.400. The van der Waals surface area contributed by atoms with Crippen molar-refractivity contribution in [1.29, 1.82) is 0 Å². The van der Waals surface area contributed by atoms with Gasteiger partial charge in [0.1, 0.15) is 30.0 Å². The summed E-state index contributed by atoms with van der Waals surface area (Å²) in [5.41, 5.74) is 2.73. The molecule has 0 spiro atoms. The van der Waals surface area contributed by atoms with Crippen LogP contribution in [0.2, 0.25) is 0 Å². The molecule has 1 heterocycles. The van der Waals surface area contributed by atoms with Crippen molar-refractivity contribution in [2.45, 2.75) is 65.5 Å². The summed E-state index contributed by atoms with van der Waals surface area (Å²) in [7, 11) is 0. The fourth-order valence-electron chi connectivity index (χ4n) is 5.07. The van der Waals surface area contributed by atoms with Gasteiger partial charge in [-0.25, -0.2) is 4.79 Å². The van der Waals surface area contributed by atoms with Crippen molar-refractivity contribution in [2.75, 3.05) is 36.9 Å². The van der Waals surface area contributed by atoms with E-state index in [1.165, 1.54) is 6.92 Å². The molecule has 3 aromatic rings. The van der Waals surface area contributed by atoms with E-state index in [2.05, 4.69) is 20.9 Å². The minimum atomic E-state index is -0.253. The van der Waals surface area contributed by atoms with Gasteiger partial charge in [-0.2, -0.15) is 0 Å². The Morgan fingerprint density at radius 1 is 0.867 bits per heavy atom. The van der Waals surface area contributed by atoms with Gasteiger partial charge in [0.25, 0.3) is 5.91 Å². The Morgan fingerprint density at radius 2 is 1.51 bits per heavy atom. The monoisotopic (exact) mass is 616 g/mol. The molecule has 0 aliphatic carbocycles. The lowest BCUT2D eigenvalue weighted by Gasteiger charge is -2.31. The molecule has 0 bridgehead atoms. The third-order valence-electron chi connectivity index (χ3n) is 7.76. The summed E-state index contributed by atoms with van der Waals surface area (Å²) in [5, 5.41) is 8.75. The number of anilines is 2. The van der Waals surface area contributed by atoms with E-state index in [4.69, 9.17) is 14.2 Å². The molecule has 3 N–H and O–H groups in total. The number of amides is 3. The topological polar surface area (TPSA) is 118 Å². The first-order valence-electron chi connectivity index (χ1n) is 15.6. The molecule has 0 unspecified atom stereocenters. The van der Waals surface area contributed by atoms with Crippen LogP contribution in [0, 0.1) is 6.92 Å². The number of carbonyl (C=O) groups is 3. The number of ether oxygens (including phenoxy) is 3. The molecule has 45 heavy (non-hydrogen) atoms. The van der Waals surface area contributed by atoms with Crippen molar-refractivity contribution >= 4 is 29.3 Å². The molecule has 0 saturated carbocycles. The Labute approximate surface area is 265 Å². The van der Waals surface area contributed by atoms with Gasteiger partial charge in [0.15, 0.2) is 0 Å². The number of hydrogen-bond donors (Lipinski definition) is 3. The van der Waals surface area contributed by atoms with Gasteiger partial charge in [0.05, 0.1) is 0 Å². The Hall–Kier alpha value is -4.57. The Bertz CT molecular complexity index is 1420.